The van der Waals surface area contributed by atoms with E-state index < -0.39 is 6.17 Å². The van der Waals surface area contributed by atoms with Gasteiger partial charge in [0.2, 0.25) is 5.91 Å². The number of carbonyl (C=O) groups is 2. The third-order valence-electron chi connectivity index (χ3n) is 5.28. The van der Waals surface area contributed by atoms with Gasteiger partial charge in [-0.25, -0.2) is 4.39 Å². The van der Waals surface area contributed by atoms with Crippen molar-refractivity contribution in [2.45, 2.75) is 51.9 Å². The molecule has 1 heterocycles. The predicted octanol–water partition coefficient (Wildman–Crippen LogP) is 3.86. The van der Waals surface area contributed by atoms with E-state index in [9.17, 15) is 14.0 Å². The molecule has 3 rings (SSSR count). The quantitative estimate of drug-likeness (QED) is 0.807. The van der Waals surface area contributed by atoms with Crippen molar-refractivity contribution in [1.29, 1.82) is 0 Å². The Morgan fingerprint density at radius 3 is 2.70 bits per heavy atom. The molecular formula is C22H25FN2O2. The highest BCUT2D eigenvalue weighted by atomic mass is 19.1. The third-order valence-corrected chi connectivity index (χ3v) is 5.28. The molecule has 5 heteroatoms. The Labute approximate surface area is 159 Å². The molecule has 2 aromatic rings. The number of carbonyl (C=O) groups excluding carboxylic acids is 2. The molecule has 2 unspecified atom stereocenters. The van der Waals surface area contributed by atoms with Crippen LogP contribution in [0, 0.1) is 6.92 Å². The first kappa shape index (κ1) is 19.1. The summed E-state index contributed by atoms with van der Waals surface area (Å²) in [5, 5.41) is 0. The second kappa shape index (κ2) is 7.91. The van der Waals surface area contributed by atoms with Gasteiger partial charge in [-0.2, -0.15) is 0 Å². The van der Waals surface area contributed by atoms with Crippen LogP contribution >= 0.6 is 0 Å². The maximum absolute atomic E-state index is 14.8. The fraction of sp³-hybridized carbons (Fsp3) is 0.364. The van der Waals surface area contributed by atoms with Gasteiger partial charge < -0.3 is 10.6 Å². The zero-order valence-corrected chi connectivity index (χ0v) is 15.7. The fourth-order valence-corrected chi connectivity index (χ4v) is 3.64. The van der Waals surface area contributed by atoms with Crippen LogP contribution in [0.25, 0.3) is 0 Å². The van der Waals surface area contributed by atoms with Gasteiger partial charge in [-0.3, -0.25) is 9.59 Å². The summed E-state index contributed by atoms with van der Waals surface area (Å²) in [5.41, 5.74) is 9.31. The molecule has 0 fully saturated rings. The topological polar surface area (TPSA) is 63.4 Å². The zero-order valence-electron chi connectivity index (χ0n) is 15.7. The normalized spacial score (nSPS) is 15.5. The number of hydrogen-bond donors (Lipinski definition) is 1. The number of fused-ring (bicyclic) bond motifs is 1. The van der Waals surface area contributed by atoms with Gasteiger partial charge in [0.15, 0.2) is 0 Å². The van der Waals surface area contributed by atoms with Crippen LogP contribution in [-0.4, -0.2) is 22.8 Å². The molecule has 0 radical (unpaired) electrons. The van der Waals surface area contributed by atoms with Crippen molar-refractivity contribution >= 4 is 11.8 Å². The maximum Gasteiger partial charge on any atom is 0.254 e. The number of rotatable bonds is 7. The first-order valence-corrected chi connectivity index (χ1v) is 9.27. The van der Waals surface area contributed by atoms with Gasteiger partial charge in [0.1, 0.15) is 6.17 Å². The van der Waals surface area contributed by atoms with Gasteiger partial charge in [0.05, 0.1) is 0 Å². The lowest BCUT2D eigenvalue weighted by atomic mass is 9.97. The zero-order chi connectivity index (χ0) is 19.6. The second-order valence-electron chi connectivity index (χ2n) is 7.31. The first-order valence-electron chi connectivity index (χ1n) is 9.27. The van der Waals surface area contributed by atoms with E-state index >= 15 is 0 Å². The summed E-state index contributed by atoms with van der Waals surface area (Å²) < 4.78 is 14.8. The van der Waals surface area contributed by atoms with Crippen molar-refractivity contribution in [2.24, 2.45) is 5.73 Å². The van der Waals surface area contributed by atoms with Gasteiger partial charge in [0, 0.05) is 31.0 Å². The fourth-order valence-electron chi connectivity index (χ4n) is 3.64. The average molecular weight is 368 g/mol. The van der Waals surface area contributed by atoms with E-state index in [-0.39, 0.29) is 30.7 Å². The summed E-state index contributed by atoms with van der Waals surface area (Å²) in [7, 11) is 0. The van der Waals surface area contributed by atoms with Crippen LogP contribution in [0.2, 0.25) is 0 Å². The smallest absolute Gasteiger partial charge is 0.254 e. The van der Waals surface area contributed by atoms with E-state index in [2.05, 4.69) is 0 Å². The average Bonchev–Trinajstić information content (AvgIpc) is 2.96. The highest BCUT2D eigenvalue weighted by Crippen LogP contribution is 2.30. The summed E-state index contributed by atoms with van der Waals surface area (Å²) in [4.78, 5) is 25.4. The van der Waals surface area contributed by atoms with E-state index in [1.807, 2.05) is 50.2 Å². The maximum atomic E-state index is 14.8. The number of primary amides is 1. The van der Waals surface area contributed by atoms with Gasteiger partial charge in [0.25, 0.3) is 5.91 Å². The Balaban J connectivity index is 1.72. The van der Waals surface area contributed by atoms with Crippen LogP contribution in [-0.2, 0) is 17.8 Å². The SMILES string of the molecule is Cc1ccccc1C(F)Cc1ccc2c(c1)CN(C(C)CCC(N)=O)C2=O. The van der Waals surface area contributed by atoms with Crippen LogP contribution in [0.3, 0.4) is 0 Å². The highest BCUT2D eigenvalue weighted by molar-refractivity contribution is 5.98. The van der Waals surface area contributed by atoms with Gasteiger partial charge in [-0.05, 0) is 48.6 Å². The van der Waals surface area contributed by atoms with E-state index in [1.54, 1.807) is 11.0 Å². The van der Waals surface area contributed by atoms with Crippen LogP contribution in [0.15, 0.2) is 42.5 Å². The van der Waals surface area contributed by atoms with Crippen molar-refractivity contribution in [3.63, 3.8) is 0 Å². The van der Waals surface area contributed by atoms with Gasteiger partial charge in [-0.15, -0.1) is 0 Å². The summed E-state index contributed by atoms with van der Waals surface area (Å²) in [5.74, 6) is -0.400. The molecule has 0 bridgehead atoms. The summed E-state index contributed by atoms with van der Waals surface area (Å²) in [6.45, 7) is 4.32. The Morgan fingerprint density at radius 2 is 2.00 bits per heavy atom. The summed E-state index contributed by atoms with van der Waals surface area (Å²) >= 11 is 0. The van der Waals surface area contributed by atoms with Crippen LogP contribution in [0.1, 0.15) is 58.5 Å². The molecular weight excluding hydrogens is 343 g/mol. The van der Waals surface area contributed by atoms with Crippen molar-refractivity contribution in [3.8, 4) is 0 Å². The van der Waals surface area contributed by atoms with E-state index in [0.29, 0.717) is 24.1 Å². The number of nitrogens with two attached hydrogens (primary N) is 1. The molecule has 1 aliphatic rings. The molecule has 2 atom stereocenters. The molecule has 4 nitrogen and oxygen atoms in total. The van der Waals surface area contributed by atoms with Crippen LogP contribution in [0.4, 0.5) is 4.39 Å². The number of hydrogen-bond acceptors (Lipinski definition) is 2. The summed E-state index contributed by atoms with van der Waals surface area (Å²) in [6, 6.07) is 13.0. The molecule has 0 saturated heterocycles. The monoisotopic (exact) mass is 368 g/mol. The predicted molar refractivity (Wildman–Crippen MR) is 103 cm³/mol. The number of amides is 2. The highest BCUT2D eigenvalue weighted by Gasteiger charge is 2.31. The standard InChI is InChI=1S/C22H25FN2O2/c1-14-5-3-4-6-18(14)20(23)12-16-8-9-19-17(11-16)13-25(22(19)27)15(2)7-10-21(24)26/h3-6,8-9,11,15,20H,7,10,12-13H2,1-2H3,(H2,24,26). The number of alkyl halides is 1. The molecule has 142 valence electrons. The second-order valence-corrected chi connectivity index (χ2v) is 7.31. The molecule has 0 aromatic heterocycles. The van der Waals surface area contributed by atoms with Crippen LogP contribution < -0.4 is 5.73 Å². The molecule has 1 aliphatic heterocycles. The van der Waals surface area contributed by atoms with E-state index in [4.69, 9.17) is 5.73 Å². The Hall–Kier alpha value is -2.69. The van der Waals surface area contributed by atoms with E-state index in [0.717, 1.165) is 16.7 Å². The van der Waals surface area contributed by atoms with Crippen molar-refractivity contribution in [1.82, 2.24) is 4.90 Å². The molecule has 2 aromatic carbocycles. The third kappa shape index (κ3) is 4.18. The lowest BCUT2D eigenvalue weighted by Crippen LogP contribution is -2.34. The number of aryl methyl sites for hydroxylation is 1. The Morgan fingerprint density at radius 1 is 1.26 bits per heavy atom. The van der Waals surface area contributed by atoms with Crippen molar-refractivity contribution in [3.05, 3.63) is 70.3 Å². The van der Waals surface area contributed by atoms with Crippen molar-refractivity contribution in [2.75, 3.05) is 0 Å². The molecule has 0 aliphatic carbocycles. The van der Waals surface area contributed by atoms with Gasteiger partial charge in [-0.1, -0.05) is 36.4 Å². The number of benzene rings is 2. The van der Waals surface area contributed by atoms with E-state index in [1.165, 1.54) is 0 Å². The molecule has 2 amide bonds. The molecule has 0 spiro atoms. The number of nitrogens with zero attached hydrogens (tertiary/aromatic N) is 1. The lowest BCUT2D eigenvalue weighted by molar-refractivity contribution is -0.118. The van der Waals surface area contributed by atoms with Gasteiger partial charge >= 0.3 is 0 Å². The minimum Gasteiger partial charge on any atom is -0.370 e. The molecule has 2 N–H and O–H groups in total. The first-order chi connectivity index (χ1) is 12.9. The van der Waals surface area contributed by atoms with Crippen molar-refractivity contribution < 1.29 is 14.0 Å². The Kier molecular flexibility index (Phi) is 5.59. The minimum absolute atomic E-state index is 0.0378. The summed E-state index contributed by atoms with van der Waals surface area (Å²) in [6.07, 6.45) is 0.00426. The lowest BCUT2D eigenvalue weighted by Gasteiger charge is -2.23. The molecule has 0 saturated carbocycles. The largest absolute Gasteiger partial charge is 0.370 e. The van der Waals surface area contributed by atoms with Crippen LogP contribution in [0.5, 0.6) is 0 Å². The molecule has 27 heavy (non-hydrogen) atoms. The Bertz CT molecular complexity index is 865. The number of halogens is 1. The minimum atomic E-state index is -1.08.